The number of benzene rings is 6. The molecule has 1 saturated heterocycles. The summed E-state index contributed by atoms with van der Waals surface area (Å²) < 4.78 is 0. The molecule has 1 heterocycles. The normalized spacial score (nSPS) is 16.7. The topological polar surface area (TPSA) is 6.48 Å². The minimum Gasteiger partial charge on any atom is -0.270 e. The Bertz CT molecular complexity index is 1890. The third kappa shape index (κ3) is 6.84. The van der Waals surface area contributed by atoms with E-state index in [-0.39, 0.29) is 24.2 Å². The summed E-state index contributed by atoms with van der Waals surface area (Å²) in [6, 6.07) is 50.9. The first kappa shape index (κ1) is 34.7. The molecule has 1 aliphatic rings. The minimum atomic E-state index is 0.0454. The maximum absolute atomic E-state index is 2.83. The van der Waals surface area contributed by atoms with Gasteiger partial charge in [0.15, 0.2) is 0 Å². The van der Waals surface area contributed by atoms with E-state index < -0.39 is 0 Å². The van der Waals surface area contributed by atoms with Crippen molar-refractivity contribution >= 4 is 0 Å². The van der Waals surface area contributed by atoms with Gasteiger partial charge >= 0.3 is 0 Å². The van der Waals surface area contributed by atoms with Gasteiger partial charge in [-0.3, -0.25) is 9.80 Å². The molecule has 0 aromatic heterocycles. The SMILES string of the molecule is Cc1ccc(C)c(C(c2cc(C)ccc2C)N2CN(C(c3cc(C)ccc3C)c3cc(C)ccc3C)[C@@H](c3ccccc3)[C@@H]2c2ccccc2)c1. The Kier molecular flexibility index (Phi) is 9.84. The molecule has 258 valence electrons. The summed E-state index contributed by atoms with van der Waals surface area (Å²) >= 11 is 0. The van der Waals surface area contributed by atoms with Crippen molar-refractivity contribution < 1.29 is 0 Å². The van der Waals surface area contributed by atoms with Crippen molar-refractivity contribution in [2.24, 2.45) is 0 Å². The zero-order chi connectivity index (χ0) is 35.8. The second-order valence-corrected chi connectivity index (χ2v) is 15.1. The summed E-state index contributed by atoms with van der Waals surface area (Å²) in [7, 11) is 0. The van der Waals surface area contributed by atoms with Crippen molar-refractivity contribution in [1.82, 2.24) is 9.80 Å². The summed E-state index contributed by atoms with van der Waals surface area (Å²) in [6.07, 6.45) is 0. The van der Waals surface area contributed by atoms with Crippen LogP contribution in [0.25, 0.3) is 0 Å². The van der Waals surface area contributed by atoms with Crippen LogP contribution < -0.4 is 0 Å². The smallest absolute Gasteiger partial charge is 0.0625 e. The van der Waals surface area contributed by atoms with E-state index in [1.165, 1.54) is 77.9 Å². The fourth-order valence-electron chi connectivity index (χ4n) is 8.53. The molecule has 2 nitrogen and oxygen atoms in total. The zero-order valence-corrected chi connectivity index (χ0v) is 31.6. The highest BCUT2D eigenvalue weighted by Crippen LogP contribution is 2.54. The van der Waals surface area contributed by atoms with Crippen LogP contribution in [-0.2, 0) is 0 Å². The van der Waals surface area contributed by atoms with Gasteiger partial charge < -0.3 is 0 Å². The van der Waals surface area contributed by atoms with E-state index in [0.717, 1.165) is 6.67 Å². The predicted molar refractivity (Wildman–Crippen MR) is 214 cm³/mol. The molecule has 1 fully saturated rings. The Morgan fingerprint density at radius 3 is 0.922 bits per heavy atom. The molecule has 1 aliphatic heterocycles. The van der Waals surface area contributed by atoms with Crippen LogP contribution in [0, 0.1) is 55.4 Å². The average Bonchev–Trinajstić information content (AvgIpc) is 3.51. The lowest BCUT2D eigenvalue weighted by Crippen LogP contribution is -2.34. The number of nitrogens with zero attached hydrogens (tertiary/aromatic N) is 2. The lowest BCUT2D eigenvalue weighted by molar-refractivity contribution is 0.163. The van der Waals surface area contributed by atoms with Crippen molar-refractivity contribution in [3.63, 3.8) is 0 Å². The third-order valence-corrected chi connectivity index (χ3v) is 11.2. The van der Waals surface area contributed by atoms with Gasteiger partial charge in [0.25, 0.3) is 0 Å². The quantitative estimate of drug-likeness (QED) is 0.159. The summed E-state index contributed by atoms with van der Waals surface area (Å²) in [6.45, 7) is 18.9. The maximum Gasteiger partial charge on any atom is 0.0625 e. The average molecular weight is 669 g/mol. The van der Waals surface area contributed by atoms with Crippen molar-refractivity contribution in [3.8, 4) is 0 Å². The fourth-order valence-corrected chi connectivity index (χ4v) is 8.53. The number of hydrogen-bond donors (Lipinski definition) is 0. The van der Waals surface area contributed by atoms with E-state index in [1.807, 2.05) is 0 Å². The molecule has 0 amide bonds. The first-order valence-corrected chi connectivity index (χ1v) is 18.5. The second-order valence-electron chi connectivity index (χ2n) is 15.1. The van der Waals surface area contributed by atoms with Crippen molar-refractivity contribution in [2.45, 2.75) is 79.6 Å². The van der Waals surface area contributed by atoms with Gasteiger partial charge in [-0.15, -0.1) is 0 Å². The van der Waals surface area contributed by atoms with E-state index in [4.69, 9.17) is 0 Å². The molecule has 6 aromatic rings. The van der Waals surface area contributed by atoms with Crippen LogP contribution in [0.3, 0.4) is 0 Å². The summed E-state index contributed by atoms with van der Waals surface area (Å²) in [5, 5.41) is 0. The molecule has 7 rings (SSSR count). The van der Waals surface area contributed by atoms with E-state index in [1.54, 1.807) is 0 Å². The molecule has 51 heavy (non-hydrogen) atoms. The Balaban J connectivity index is 1.56. The summed E-state index contributed by atoms with van der Waals surface area (Å²) in [5.41, 5.74) is 18.7. The number of rotatable bonds is 8. The molecular weight excluding hydrogens is 617 g/mol. The van der Waals surface area contributed by atoms with Crippen molar-refractivity contribution in [1.29, 1.82) is 0 Å². The molecule has 0 N–H and O–H groups in total. The van der Waals surface area contributed by atoms with Crippen LogP contribution >= 0.6 is 0 Å². The van der Waals surface area contributed by atoms with E-state index in [9.17, 15) is 0 Å². The Labute approximate surface area is 306 Å². The largest absolute Gasteiger partial charge is 0.270 e. The molecule has 2 heteroatoms. The molecule has 0 radical (unpaired) electrons. The molecule has 0 spiro atoms. The standard InChI is InChI=1S/C49H52N2/c1-32-19-23-36(5)42(27-32)48(43-28-33(2)20-24-37(43)6)50-31-51(47(41-17-13-10-14-18-41)46(50)40-15-11-9-12-16-40)49(44-29-34(3)21-25-38(44)7)45-30-35(4)22-26-39(45)8/h9-30,46-49H,31H2,1-8H3/t46-,47-/m0/s1. The Morgan fingerprint density at radius 1 is 0.373 bits per heavy atom. The van der Waals surface area contributed by atoms with Gasteiger partial charge in [0.05, 0.1) is 30.8 Å². The predicted octanol–water partition coefficient (Wildman–Crippen LogP) is 12.1. The molecule has 2 atom stereocenters. The van der Waals surface area contributed by atoms with Crippen LogP contribution in [0.4, 0.5) is 0 Å². The van der Waals surface area contributed by atoms with E-state index in [2.05, 4.69) is 199 Å². The summed E-state index contributed by atoms with van der Waals surface area (Å²) in [4.78, 5) is 5.67. The van der Waals surface area contributed by atoms with Crippen LogP contribution in [0.1, 0.15) is 102 Å². The Morgan fingerprint density at radius 2 is 0.647 bits per heavy atom. The second kappa shape index (κ2) is 14.5. The van der Waals surface area contributed by atoms with Crippen LogP contribution in [0.5, 0.6) is 0 Å². The van der Waals surface area contributed by atoms with E-state index >= 15 is 0 Å². The van der Waals surface area contributed by atoms with Crippen molar-refractivity contribution in [3.05, 3.63) is 211 Å². The van der Waals surface area contributed by atoms with Gasteiger partial charge in [-0.05, 0) is 111 Å². The highest BCUT2D eigenvalue weighted by molar-refractivity contribution is 5.48. The molecule has 6 aromatic carbocycles. The molecule has 0 aliphatic carbocycles. The monoisotopic (exact) mass is 668 g/mol. The first-order valence-electron chi connectivity index (χ1n) is 18.5. The number of hydrogen-bond acceptors (Lipinski definition) is 2. The number of aryl methyl sites for hydroxylation is 8. The van der Waals surface area contributed by atoms with Crippen LogP contribution in [0.15, 0.2) is 133 Å². The summed E-state index contributed by atoms with van der Waals surface area (Å²) in [5.74, 6) is 0. The molecular formula is C49H52N2. The highest BCUT2D eigenvalue weighted by Gasteiger charge is 2.49. The minimum absolute atomic E-state index is 0.0454. The van der Waals surface area contributed by atoms with Crippen molar-refractivity contribution in [2.75, 3.05) is 6.67 Å². The van der Waals surface area contributed by atoms with Gasteiger partial charge in [-0.2, -0.15) is 0 Å². The van der Waals surface area contributed by atoms with Gasteiger partial charge in [0.2, 0.25) is 0 Å². The lowest BCUT2D eigenvalue weighted by Gasteiger charge is -2.37. The fraction of sp³-hybridized carbons (Fsp3) is 0.265. The van der Waals surface area contributed by atoms with Gasteiger partial charge in [0, 0.05) is 0 Å². The van der Waals surface area contributed by atoms with Crippen LogP contribution in [-0.4, -0.2) is 16.5 Å². The maximum atomic E-state index is 2.83. The lowest BCUT2D eigenvalue weighted by atomic mass is 9.85. The van der Waals surface area contributed by atoms with E-state index in [0.29, 0.717) is 0 Å². The zero-order valence-electron chi connectivity index (χ0n) is 31.6. The third-order valence-electron chi connectivity index (χ3n) is 11.2. The molecule has 0 saturated carbocycles. The molecule has 0 bridgehead atoms. The van der Waals surface area contributed by atoms with Gasteiger partial charge in [-0.25, -0.2) is 0 Å². The van der Waals surface area contributed by atoms with Gasteiger partial charge in [0.1, 0.15) is 0 Å². The molecule has 0 unspecified atom stereocenters. The Hall–Kier alpha value is -4.76. The first-order chi connectivity index (χ1) is 24.6. The highest BCUT2D eigenvalue weighted by atomic mass is 15.4. The van der Waals surface area contributed by atoms with Crippen LogP contribution in [0.2, 0.25) is 0 Å². The van der Waals surface area contributed by atoms with Gasteiger partial charge in [-0.1, -0.05) is 156 Å².